The molecule has 2 aliphatic heterocycles. The van der Waals surface area contributed by atoms with Gasteiger partial charge in [-0.1, -0.05) is 0 Å². The molecule has 0 radical (unpaired) electrons. The number of aliphatic hydroxyl groups is 1. The van der Waals surface area contributed by atoms with Gasteiger partial charge in [-0.2, -0.15) is 9.97 Å². The molecule has 1 atom stereocenters. The van der Waals surface area contributed by atoms with Crippen molar-refractivity contribution in [1.82, 2.24) is 14.9 Å². The van der Waals surface area contributed by atoms with E-state index in [2.05, 4.69) is 20.6 Å². The molecule has 1 aromatic heterocycles. The minimum absolute atomic E-state index is 0.00384. The number of aliphatic hydroxyl groups excluding tert-OH is 1. The fourth-order valence-electron chi connectivity index (χ4n) is 4.98. The van der Waals surface area contributed by atoms with Crippen molar-refractivity contribution in [3.63, 3.8) is 0 Å². The van der Waals surface area contributed by atoms with Crippen LogP contribution in [-0.2, 0) is 6.42 Å². The Morgan fingerprint density at radius 3 is 2.91 bits per heavy atom. The Bertz CT molecular complexity index is 1060. The summed E-state index contributed by atoms with van der Waals surface area (Å²) < 4.78 is 11.3. The van der Waals surface area contributed by atoms with Crippen LogP contribution in [0.5, 0.6) is 11.6 Å². The second-order valence-electron chi connectivity index (χ2n) is 9.12. The van der Waals surface area contributed by atoms with E-state index in [1.807, 2.05) is 11.8 Å². The standard InChI is InChI=1S/C24H31N5O4/c1-3-33-21-17-6-10-25-20(17)27-23(28-21)26-18-5-4-15(12-19(18)32-2)22(31)29-11-9-24(7-8-24)13-16(29)14-30/h4-5,12,16,30H,3,6-11,13-14H2,1-2H3,(H2,25,26,27,28). The largest absolute Gasteiger partial charge is 0.495 e. The first-order chi connectivity index (χ1) is 16.1. The molecule has 1 spiro atoms. The molecule has 1 saturated heterocycles. The number of likely N-dealkylation sites (tertiary alicyclic amines) is 1. The Morgan fingerprint density at radius 1 is 1.33 bits per heavy atom. The normalized spacial score (nSPS) is 20.2. The number of nitrogens with zero attached hydrogens (tertiary/aromatic N) is 3. The second kappa shape index (κ2) is 8.70. The summed E-state index contributed by atoms with van der Waals surface area (Å²) in [5.74, 6) is 2.19. The van der Waals surface area contributed by atoms with Crippen LogP contribution < -0.4 is 20.1 Å². The van der Waals surface area contributed by atoms with Crippen molar-refractivity contribution >= 4 is 23.4 Å². The molecule has 0 bridgehead atoms. The van der Waals surface area contributed by atoms with Crippen LogP contribution in [0.4, 0.5) is 17.5 Å². The van der Waals surface area contributed by atoms with Crippen molar-refractivity contribution < 1.29 is 19.4 Å². The summed E-state index contributed by atoms with van der Waals surface area (Å²) in [6, 6.07) is 5.19. The zero-order valence-electron chi connectivity index (χ0n) is 19.2. The van der Waals surface area contributed by atoms with Crippen LogP contribution >= 0.6 is 0 Å². The lowest BCUT2D eigenvalue weighted by Gasteiger charge is -2.39. The van der Waals surface area contributed by atoms with E-state index in [0.717, 1.165) is 37.2 Å². The molecule has 1 aromatic carbocycles. The van der Waals surface area contributed by atoms with Crippen molar-refractivity contribution in [2.24, 2.45) is 5.41 Å². The predicted molar refractivity (Wildman–Crippen MR) is 124 cm³/mol. The number of carbonyl (C=O) groups excluding carboxylic acids is 1. The van der Waals surface area contributed by atoms with Crippen molar-refractivity contribution in [1.29, 1.82) is 0 Å². The summed E-state index contributed by atoms with van der Waals surface area (Å²) in [5, 5.41) is 16.4. The van der Waals surface area contributed by atoms with E-state index in [4.69, 9.17) is 9.47 Å². The molecule has 9 nitrogen and oxygen atoms in total. The summed E-state index contributed by atoms with van der Waals surface area (Å²) >= 11 is 0. The maximum Gasteiger partial charge on any atom is 0.254 e. The highest BCUT2D eigenvalue weighted by molar-refractivity contribution is 5.95. The molecule has 3 N–H and O–H groups in total. The summed E-state index contributed by atoms with van der Waals surface area (Å²) in [6.45, 7) is 3.94. The first kappa shape index (κ1) is 21.8. The number of hydrogen-bond donors (Lipinski definition) is 3. The third-order valence-electron chi connectivity index (χ3n) is 7.03. The van der Waals surface area contributed by atoms with E-state index in [0.29, 0.717) is 47.4 Å². The minimum Gasteiger partial charge on any atom is -0.495 e. The molecule has 9 heteroatoms. The van der Waals surface area contributed by atoms with Gasteiger partial charge in [-0.3, -0.25) is 4.79 Å². The lowest BCUT2D eigenvalue weighted by molar-refractivity contribution is 0.0382. The summed E-state index contributed by atoms with van der Waals surface area (Å²) in [5.41, 5.74) is 2.54. The van der Waals surface area contributed by atoms with Crippen LogP contribution in [0.2, 0.25) is 0 Å². The van der Waals surface area contributed by atoms with Crippen molar-refractivity contribution in [3.8, 4) is 11.6 Å². The van der Waals surface area contributed by atoms with E-state index >= 15 is 0 Å². The number of hydrogen-bond acceptors (Lipinski definition) is 8. The van der Waals surface area contributed by atoms with E-state index in [-0.39, 0.29) is 18.6 Å². The number of rotatable bonds is 7. The summed E-state index contributed by atoms with van der Waals surface area (Å²) in [4.78, 5) is 24.2. The third kappa shape index (κ3) is 4.17. The molecule has 33 heavy (non-hydrogen) atoms. The van der Waals surface area contributed by atoms with Gasteiger partial charge < -0.3 is 30.1 Å². The number of benzene rings is 1. The molecular weight excluding hydrogens is 422 g/mol. The number of carbonyl (C=O) groups is 1. The highest BCUT2D eigenvalue weighted by atomic mass is 16.5. The first-order valence-corrected chi connectivity index (χ1v) is 11.7. The van der Waals surface area contributed by atoms with Gasteiger partial charge in [0.15, 0.2) is 0 Å². The zero-order chi connectivity index (χ0) is 23.0. The van der Waals surface area contributed by atoms with Gasteiger partial charge in [0.1, 0.15) is 11.6 Å². The van der Waals surface area contributed by atoms with Crippen LogP contribution in [0.25, 0.3) is 0 Å². The quantitative estimate of drug-likeness (QED) is 0.587. The molecule has 1 aliphatic carbocycles. The third-order valence-corrected chi connectivity index (χ3v) is 7.03. The van der Waals surface area contributed by atoms with Crippen molar-refractivity contribution in [2.75, 3.05) is 44.0 Å². The second-order valence-corrected chi connectivity index (χ2v) is 9.12. The fraction of sp³-hybridized carbons (Fsp3) is 0.542. The number of amides is 1. The van der Waals surface area contributed by atoms with Crippen molar-refractivity contribution in [3.05, 3.63) is 29.3 Å². The molecule has 3 heterocycles. The highest BCUT2D eigenvalue weighted by Gasteiger charge is 2.48. The lowest BCUT2D eigenvalue weighted by atomic mass is 9.87. The molecule has 176 valence electrons. The SMILES string of the molecule is CCOc1nc(Nc2ccc(C(=O)N3CCC4(CC4)CC3CO)cc2OC)nc2c1CCN2. The lowest BCUT2D eigenvalue weighted by Crippen LogP contribution is -2.48. The number of ether oxygens (including phenoxy) is 2. The van der Waals surface area contributed by atoms with Gasteiger partial charge >= 0.3 is 0 Å². The number of piperidine rings is 1. The van der Waals surface area contributed by atoms with Gasteiger partial charge in [0.2, 0.25) is 11.8 Å². The highest BCUT2D eigenvalue weighted by Crippen LogP contribution is 2.55. The predicted octanol–water partition coefficient (Wildman–Crippen LogP) is 2.97. The Morgan fingerprint density at radius 2 is 2.18 bits per heavy atom. The molecule has 2 fully saturated rings. The molecular formula is C24H31N5O4. The van der Waals surface area contributed by atoms with Crippen LogP contribution in [0.15, 0.2) is 18.2 Å². The Balaban J connectivity index is 1.37. The first-order valence-electron chi connectivity index (χ1n) is 11.7. The van der Waals surface area contributed by atoms with E-state index in [1.165, 1.54) is 12.8 Å². The maximum atomic E-state index is 13.3. The van der Waals surface area contributed by atoms with Crippen molar-refractivity contribution in [2.45, 2.75) is 45.1 Å². The van der Waals surface area contributed by atoms with Gasteiger partial charge in [0, 0.05) is 18.7 Å². The smallest absolute Gasteiger partial charge is 0.254 e. The number of anilines is 3. The van der Waals surface area contributed by atoms with Crippen LogP contribution in [-0.4, -0.2) is 65.3 Å². The average molecular weight is 454 g/mol. The number of fused-ring (bicyclic) bond motifs is 1. The van der Waals surface area contributed by atoms with E-state index in [9.17, 15) is 9.90 Å². The number of methoxy groups -OCH3 is 1. The Hall–Kier alpha value is -3.07. The zero-order valence-corrected chi connectivity index (χ0v) is 19.2. The molecule has 2 aromatic rings. The van der Waals surface area contributed by atoms with Crippen LogP contribution in [0, 0.1) is 5.41 Å². The average Bonchev–Trinajstić information content (AvgIpc) is 3.40. The molecule has 5 rings (SSSR count). The molecule has 3 aliphatic rings. The number of aromatic nitrogens is 2. The molecule has 1 saturated carbocycles. The van der Waals surface area contributed by atoms with Gasteiger partial charge in [-0.25, -0.2) is 0 Å². The van der Waals surface area contributed by atoms with Gasteiger partial charge in [-0.05, 0) is 62.6 Å². The van der Waals surface area contributed by atoms with Gasteiger partial charge in [0.25, 0.3) is 5.91 Å². The maximum absolute atomic E-state index is 13.3. The number of nitrogens with one attached hydrogen (secondary N) is 2. The van der Waals surface area contributed by atoms with E-state index in [1.54, 1.807) is 25.3 Å². The Labute approximate surface area is 193 Å². The molecule has 1 amide bonds. The summed E-state index contributed by atoms with van der Waals surface area (Å²) in [6.07, 6.45) is 5.16. The summed E-state index contributed by atoms with van der Waals surface area (Å²) in [7, 11) is 1.57. The molecule has 1 unspecified atom stereocenters. The van der Waals surface area contributed by atoms with Gasteiger partial charge in [-0.15, -0.1) is 0 Å². The van der Waals surface area contributed by atoms with E-state index < -0.39 is 0 Å². The fourth-order valence-corrected chi connectivity index (χ4v) is 4.98. The topological polar surface area (TPSA) is 109 Å². The minimum atomic E-state index is -0.123. The van der Waals surface area contributed by atoms with Crippen LogP contribution in [0.1, 0.15) is 48.5 Å². The monoisotopic (exact) mass is 453 g/mol. The van der Waals surface area contributed by atoms with Crippen LogP contribution in [0.3, 0.4) is 0 Å². The van der Waals surface area contributed by atoms with Gasteiger partial charge in [0.05, 0.1) is 37.6 Å². The Kier molecular flexibility index (Phi) is 5.74.